The molecule has 1 aromatic carbocycles. The van der Waals surface area contributed by atoms with Crippen LogP contribution in [0.2, 0.25) is 0 Å². The average Bonchev–Trinajstić information content (AvgIpc) is 2.39. The van der Waals surface area contributed by atoms with Crippen molar-refractivity contribution in [2.75, 3.05) is 20.1 Å². The first-order valence-electron chi connectivity index (χ1n) is 7.68. The van der Waals surface area contributed by atoms with Crippen molar-refractivity contribution in [3.63, 3.8) is 0 Å². The summed E-state index contributed by atoms with van der Waals surface area (Å²) in [6.07, 6.45) is 2.37. The second kappa shape index (κ2) is 6.68. The molecule has 112 valence electrons. The molecule has 20 heavy (non-hydrogen) atoms. The van der Waals surface area contributed by atoms with E-state index in [2.05, 4.69) is 31.1 Å². The number of likely N-dealkylation sites (tertiary alicyclic amines) is 1. The van der Waals surface area contributed by atoms with Crippen LogP contribution >= 0.6 is 0 Å². The van der Waals surface area contributed by atoms with Crippen LogP contribution in [0.4, 0.5) is 4.39 Å². The molecule has 1 fully saturated rings. The van der Waals surface area contributed by atoms with E-state index in [0.29, 0.717) is 12.0 Å². The minimum atomic E-state index is -0.0658. The summed E-state index contributed by atoms with van der Waals surface area (Å²) in [4.78, 5) is 2.31. The predicted molar refractivity (Wildman–Crippen MR) is 82.4 cm³/mol. The lowest BCUT2D eigenvalue weighted by atomic mass is 9.84. The van der Waals surface area contributed by atoms with E-state index in [1.807, 2.05) is 19.1 Å². The largest absolute Gasteiger partial charge is 0.314 e. The van der Waals surface area contributed by atoms with E-state index in [1.165, 1.54) is 12.8 Å². The number of nitrogens with one attached hydrogen (secondary N) is 1. The van der Waals surface area contributed by atoms with E-state index in [9.17, 15) is 4.39 Å². The van der Waals surface area contributed by atoms with Gasteiger partial charge in [0.25, 0.3) is 0 Å². The molecule has 0 aliphatic carbocycles. The number of rotatable bonds is 4. The lowest BCUT2D eigenvalue weighted by Crippen LogP contribution is -2.42. The standard InChI is InChI=1S/C17H27FN2/c1-12(2)19-11-14-6-5-9-20(4)17(14)15-10-13(3)7-8-16(15)18/h7-8,10,12,14,17,19H,5-6,9,11H2,1-4H3. The monoisotopic (exact) mass is 278 g/mol. The van der Waals surface area contributed by atoms with Crippen LogP contribution in [0.5, 0.6) is 0 Å². The minimum absolute atomic E-state index is 0.0658. The molecular weight excluding hydrogens is 251 g/mol. The van der Waals surface area contributed by atoms with Gasteiger partial charge in [-0.1, -0.05) is 31.5 Å². The normalized spacial score (nSPS) is 24.3. The van der Waals surface area contributed by atoms with Crippen LogP contribution in [0.25, 0.3) is 0 Å². The Morgan fingerprint density at radius 1 is 1.40 bits per heavy atom. The van der Waals surface area contributed by atoms with Gasteiger partial charge in [0.05, 0.1) is 0 Å². The van der Waals surface area contributed by atoms with Crippen molar-refractivity contribution in [3.8, 4) is 0 Å². The first kappa shape index (κ1) is 15.5. The Morgan fingerprint density at radius 2 is 2.15 bits per heavy atom. The number of nitrogens with zero attached hydrogens (tertiary/aromatic N) is 1. The van der Waals surface area contributed by atoms with Gasteiger partial charge in [0, 0.05) is 24.2 Å². The molecule has 1 aliphatic rings. The summed E-state index contributed by atoms with van der Waals surface area (Å²) in [5.41, 5.74) is 2.00. The fourth-order valence-corrected chi connectivity index (χ4v) is 3.24. The summed E-state index contributed by atoms with van der Waals surface area (Å²) >= 11 is 0. The zero-order valence-corrected chi connectivity index (χ0v) is 13.1. The van der Waals surface area contributed by atoms with Crippen molar-refractivity contribution in [1.82, 2.24) is 10.2 Å². The molecule has 1 N–H and O–H groups in total. The molecule has 2 rings (SSSR count). The Kier molecular flexibility index (Phi) is 5.17. The number of hydrogen-bond donors (Lipinski definition) is 1. The van der Waals surface area contributed by atoms with Crippen LogP contribution < -0.4 is 5.32 Å². The molecule has 0 radical (unpaired) electrons. The molecule has 0 bridgehead atoms. The van der Waals surface area contributed by atoms with E-state index >= 15 is 0 Å². The Balaban J connectivity index is 2.24. The van der Waals surface area contributed by atoms with Gasteiger partial charge in [0.2, 0.25) is 0 Å². The van der Waals surface area contributed by atoms with Gasteiger partial charge < -0.3 is 5.32 Å². The van der Waals surface area contributed by atoms with Crippen LogP contribution in [-0.4, -0.2) is 31.1 Å². The van der Waals surface area contributed by atoms with Gasteiger partial charge in [-0.2, -0.15) is 0 Å². The molecule has 1 aliphatic heterocycles. The van der Waals surface area contributed by atoms with E-state index in [1.54, 1.807) is 6.07 Å². The molecule has 1 saturated heterocycles. The molecule has 0 spiro atoms. The van der Waals surface area contributed by atoms with Crippen LogP contribution in [-0.2, 0) is 0 Å². The maximum Gasteiger partial charge on any atom is 0.128 e. The van der Waals surface area contributed by atoms with Gasteiger partial charge in [-0.3, -0.25) is 4.90 Å². The maximum atomic E-state index is 14.3. The molecule has 0 amide bonds. The van der Waals surface area contributed by atoms with Gasteiger partial charge in [-0.05, 0) is 45.3 Å². The third-order valence-corrected chi connectivity index (χ3v) is 4.27. The zero-order chi connectivity index (χ0) is 14.7. The van der Waals surface area contributed by atoms with Crippen molar-refractivity contribution in [2.24, 2.45) is 5.92 Å². The molecule has 1 aromatic rings. The SMILES string of the molecule is Cc1ccc(F)c(C2C(CNC(C)C)CCCN2C)c1. The van der Waals surface area contributed by atoms with Crippen molar-refractivity contribution in [3.05, 3.63) is 35.1 Å². The van der Waals surface area contributed by atoms with Gasteiger partial charge in [0.15, 0.2) is 0 Å². The van der Waals surface area contributed by atoms with Crippen molar-refractivity contribution >= 4 is 0 Å². The van der Waals surface area contributed by atoms with Gasteiger partial charge in [-0.15, -0.1) is 0 Å². The quantitative estimate of drug-likeness (QED) is 0.906. The summed E-state index contributed by atoms with van der Waals surface area (Å²) in [7, 11) is 2.12. The number of piperidine rings is 1. The fraction of sp³-hybridized carbons (Fsp3) is 0.647. The van der Waals surface area contributed by atoms with Crippen LogP contribution in [0.1, 0.15) is 43.9 Å². The highest BCUT2D eigenvalue weighted by atomic mass is 19.1. The fourth-order valence-electron chi connectivity index (χ4n) is 3.24. The van der Waals surface area contributed by atoms with Crippen molar-refractivity contribution in [1.29, 1.82) is 0 Å². The highest BCUT2D eigenvalue weighted by molar-refractivity contribution is 5.28. The molecular formula is C17H27FN2. The summed E-state index contributed by atoms with van der Waals surface area (Å²) in [5.74, 6) is 0.413. The molecule has 0 aromatic heterocycles. The lowest BCUT2D eigenvalue weighted by molar-refractivity contribution is 0.115. The molecule has 2 unspecified atom stereocenters. The maximum absolute atomic E-state index is 14.3. The first-order chi connectivity index (χ1) is 9.49. The van der Waals surface area contributed by atoms with Crippen molar-refractivity contribution in [2.45, 2.75) is 45.7 Å². The summed E-state index contributed by atoms with van der Waals surface area (Å²) in [6.45, 7) is 8.37. The molecule has 2 atom stereocenters. The summed E-state index contributed by atoms with van der Waals surface area (Å²) in [5, 5.41) is 3.52. The minimum Gasteiger partial charge on any atom is -0.314 e. The first-order valence-corrected chi connectivity index (χ1v) is 7.68. The van der Waals surface area contributed by atoms with Gasteiger partial charge >= 0.3 is 0 Å². The number of benzene rings is 1. The van der Waals surface area contributed by atoms with Gasteiger partial charge in [-0.25, -0.2) is 4.39 Å². The van der Waals surface area contributed by atoms with Crippen molar-refractivity contribution < 1.29 is 4.39 Å². The van der Waals surface area contributed by atoms with Crippen LogP contribution in [0.15, 0.2) is 18.2 Å². The van der Waals surface area contributed by atoms with E-state index in [0.717, 1.165) is 24.2 Å². The Hall–Kier alpha value is -0.930. The average molecular weight is 278 g/mol. The zero-order valence-electron chi connectivity index (χ0n) is 13.1. The predicted octanol–water partition coefficient (Wildman–Crippen LogP) is 3.52. The Morgan fingerprint density at radius 3 is 2.85 bits per heavy atom. The smallest absolute Gasteiger partial charge is 0.128 e. The second-order valence-corrected chi connectivity index (χ2v) is 6.42. The van der Waals surface area contributed by atoms with E-state index in [-0.39, 0.29) is 11.9 Å². The highest BCUT2D eigenvalue weighted by Gasteiger charge is 2.32. The van der Waals surface area contributed by atoms with Gasteiger partial charge in [0.1, 0.15) is 5.82 Å². The third kappa shape index (κ3) is 3.58. The highest BCUT2D eigenvalue weighted by Crippen LogP contribution is 2.36. The molecule has 3 heteroatoms. The number of hydrogen-bond acceptors (Lipinski definition) is 2. The lowest BCUT2D eigenvalue weighted by Gasteiger charge is -2.40. The summed E-state index contributed by atoms with van der Waals surface area (Å²) in [6, 6.07) is 6.15. The second-order valence-electron chi connectivity index (χ2n) is 6.42. The molecule has 0 saturated carbocycles. The van der Waals surface area contributed by atoms with E-state index < -0.39 is 0 Å². The molecule has 1 heterocycles. The van der Waals surface area contributed by atoms with Crippen LogP contribution in [0, 0.1) is 18.7 Å². The Labute approximate surface area is 122 Å². The number of aryl methyl sites for hydroxylation is 1. The molecule has 2 nitrogen and oxygen atoms in total. The third-order valence-electron chi connectivity index (χ3n) is 4.27. The number of halogens is 1. The van der Waals surface area contributed by atoms with E-state index in [4.69, 9.17) is 0 Å². The summed E-state index contributed by atoms with van der Waals surface area (Å²) < 4.78 is 14.3. The topological polar surface area (TPSA) is 15.3 Å². The Bertz CT molecular complexity index is 445. The van der Waals surface area contributed by atoms with Crippen LogP contribution in [0.3, 0.4) is 0 Å².